The molecule has 22 heavy (non-hydrogen) atoms. The SMILES string of the molecule is N#Cc1cc(C(=O)N2CCN(c3ccccc3)CC2)ccn1. The number of hydrogen-bond acceptors (Lipinski definition) is 4. The van der Waals surface area contributed by atoms with Crippen molar-refractivity contribution in [1.82, 2.24) is 9.88 Å². The number of carbonyl (C=O) groups excluding carboxylic acids is 1. The second-order valence-electron chi connectivity index (χ2n) is 5.16. The molecule has 2 heterocycles. The molecule has 1 fully saturated rings. The smallest absolute Gasteiger partial charge is 0.254 e. The van der Waals surface area contributed by atoms with Gasteiger partial charge >= 0.3 is 0 Å². The van der Waals surface area contributed by atoms with Gasteiger partial charge in [0.05, 0.1) is 0 Å². The average molecular weight is 292 g/mol. The van der Waals surface area contributed by atoms with Crippen molar-refractivity contribution in [3.8, 4) is 6.07 Å². The zero-order valence-corrected chi connectivity index (χ0v) is 12.1. The summed E-state index contributed by atoms with van der Waals surface area (Å²) >= 11 is 0. The highest BCUT2D eigenvalue weighted by Crippen LogP contribution is 2.16. The highest BCUT2D eigenvalue weighted by molar-refractivity contribution is 5.94. The molecule has 1 amide bonds. The Morgan fingerprint density at radius 1 is 1.09 bits per heavy atom. The summed E-state index contributed by atoms with van der Waals surface area (Å²) < 4.78 is 0. The summed E-state index contributed by atoms with van der Waals surface area (Å²) in [6.07, 6.45) is 1.51. The lowest BCUT2D eigenvalue weighted by Gasteiger charge is -2.36. The number of para-hydroxylation sites is 1. The standard InChI is InChI=1S/C17H16N4O/c18-13-15-12-14(6-7-19-15)17(22)21-10-8-20(9-11-21)16-4-2-1-3-5-16/h1-7,12H,8-11H2. The lowest BCUT2D eigenvalue weighted by molar-refractivity contribution is 0.0746. The number of hydrogen-bond donors (Lipinski definition) is 0. The molecule has 1 aromatic carbocycles. The van der Waals surface area contributed by atoms with Gasteiger partial charge in [0.1, 0.15) is 11.8 Å². The van der Waals surface area contributed by atoms with Gasteiger partial charge in [0.2, 0.25) is 0 Å². The Labute approximate surface area is 129 Å². The average Bonchev–Trinajstić information content (AvgIpc) is 2.62. The Kier molecular flexibility index (Phi) is 4.01. The van der Waals surface area contributed by atoms with E-state index < -0.39 is 0 Å². The van der Waals surface area contributed by atoms with Gasteiger partial charge in [-0.25, -0.2) is 4.98 Å². The van der Waals surface area contributed by atoms with Gasteiger partial charge in [-0.1, -0.05) is 18.2 Å². The van der Waals surface area contributed by atoms with Crippen LogP contribution in [0.15, 0.2) is 48.7 Å². The van der Waals surface area contributed by atoms with E-state index in [0.717, 1.165) is 13.1 Å². The van der Waals surface area contributed by atoms with Crippen molar-refractivity contribution in [2.75, 3.05) is 31.1 Å². The Morgan fingerprint density at radius 2 is 1.82 bits per heavy atom. The fourth-order valence-corrected chi connectivity index (χ4v) is 2.61. The zero-order chi connectivity index (χ0) is 15.4. The minimum Gasteiger partial charge on any atom is -0.368 e. The molecule has 0 radical (unpaired) electrons. The van der Waals surface area contributed by atoms with E-state index >= 15 is 0 Å². The highest BCUT2D eigenvalue weighted by Gasteiger charge is 2.22. The molecular weight excluding hydrogens is 276 g/mol. The molecule has 0 atom stereocenters. The van der Waals surface area contributed by atoms with Crippen LogP contribution in [0.25, 0.3) is 0 Å². The number of anilines is 1. The van der Waals surface area contributed by atoms with Gasteiger partial charge in [0, 0.05) is 43.6 Å². The van der Waals surface area contributed by atoms with E-state index in [0.29, 0.717) is 18.7 Å². The quantitative estimate of drug-likeness (QED) is 0.848. The van der Waals surface area contributed by atoms with E-state index in [4.69, 9.17) is 5.26 Å². The van der Waals surface area contributed by atoms with Gasteiger partial charge in [-0.3, -0.25) is 4.79 Å². The first kappa shape index (κ1) is 14.1. The van der Waals surface area contributed by atoms with Crippen molar-refractivity contribution in [3.05, 3.63) is 59.9 Å². The molecule has 1 aliphatic heterocycles. The first-order valence-electron chi connectivity index (χ1n) is 7.23. The summed E-state index contributed by atoms with van der Waals surface area (Å²) in [6.45, 7) is 2.98. The molecular formula is C17H16N4O. The van der Waals surface area contributed by atoms with E-state index in [-0.39, 0.29) is 11.6 Å². The van der Waals surface area contributed by atoms with E-state index in [9.17, 15) is 4.79 Å². The van der Waals surface area contributed by atoms with Gasteiger partial charge in [-0.05, 0) is 24.3 Å². The van der Waals surface area contributed by atoms with Gasteiger partial charge in [-0.2, -0.15) is 5.26 Å². The summed E-state index contributed by atoms with van der Waals surface area (Å²) in [5.41, 5.74) is 1.98. The molecule has 3 rings (SSSR count). The van der Waals surface area contributed by atoms with Crippen LogP contribution in [0.2, 0.25) is 0 Å². The zero-order valence-electron chi connectivity index (χ0n) is 12.1. The molecule has 2 aromatic rings. The lowest BCUT2D eigenvalue weighted by Crippen LogP contribution is -2.48. The van der Waals surface area contributed by atoms with Gasteiger partial charge in [-0.15, -0.1) is 0 Å². The lowest BCUT2D eigenvalue weighted by atomic mass is 10.2. The van der Waals surface area contributed by atoms with Crippen molar-refractivity contribution in [3.63, 3.8) is 0 Å². The van der Waals surface area contributed by atoms with Crippen molar-refractivity contribution in [2.24, 2.45) is 0 Å². The number of pyridine rings is 1. The number of amides is 1. The third kappa shape index (κ3) is 2.91. The third-order valence-electron chi connectivity index (χ3n) is 3.81. The topological polar surface area (TPSA) is 60.2 Å². The maximum atomic E-state index is 12.5. The monoisotopic (exact) mass is 292 g/mol. The predicted molar refractivity (Wildman–Crippen MR) is 83.5 cm³/mol. The van der Waals surface area contributed by atoms with E-state index in [1.165, 1.54) is 11.9 Å². The van der Waals surface area contributed by atoms with Crippen molar-refractivity contribution >= 4 is 11.6 Å². The molecule has 0 aliphatic carbocycles. The van der Waals surface area contributed by atoms with Crippen LogP contribution in [0.5, 0.6) is 0 Å². The molecule has 0 unspecified atom stereocenters. The number of carbonyl (C=O) groups is 1. The number of rotatable bonds is 2. The highest BCUT2D eigenvalue weighted by atomic mass is 16.2. The van der Waals surface area contributed by atoms with Crippen molar-refractivity contribution < 1.29 is 4.79 Å². The van der Waals surface area contributed by atoms with Crippen molar-refractivity contribution in [1.29, 1.82) is 5.26 Å². The molecule has 110 valence electrons. The van der Waals surface area contributed by atoms with Crippen molar-refractivity contribution in [2.45, 2.75) is 0 Å². The van der Waals surface area contributed by atoms with Crippen LogP contribution >= 0.6 is 0 Å². The fraction of sp³-hybridized carbons (Fsp3) is 0.235. The number of benzene rings is 1. The Bertz CT molecular complexity index is 700. The fourth-order valence-electron chi connectivity index (χ4n) is 2.61. The molecule has 0 bridgehead atoms. The molecule has 1 aromatic heterocycles. The van der Waals surface area contributed by atoms with Gasteiger partial charge < -0.3 is 9.80 Å². The van der Waals surface area contributed by atoms with Gasteiger partial charge in [0.15, 0.2) is 0 Å². The Morgan fingerprint density at radius 3 is 2.50 bits per heavy atom. The Balaban J connectivity index is 1.66. The molecule has 1 aliphatic rings. The number of piperazine rings is 1. The first-order chi connectivity index (χ1) is 10.8. The minimum absolute atomic E-state index is 0.0355. The molecule has 0 N–H and O–H groups in total. The normalized spacial score (nSPS) is 14.5. The first-order valence-corrected chi connectivity index (χ1v) is 7.23. The molecule has 5 nitrogen and oxygen atoms in total. The van der Waals surface area contributed by atoms with Crippen LogP contribution in [0.4, 0.5) is 5.69 Å². The van der Waals surface area contributed by atoms with Crippen LogP contribution in [0.3, 0.4) is 0 Å². The summed E-state index contributed by atoms with van der Waals surface area (Å²) in [6, 6.07) is 15.4. The van der Waals surface area contributed by atoms with Crippen LogP contribution in [0, 0.1) is 11.3 Å². The third-order valence-corrected chi connectivity index (χ3v) is 3.81. The number of aromatic nitrogens is 1. The second-order valence-corrected chi connectivity index (χ2v) is 5.16. The summed E-state index contributed by atoms with van der Waals surface area (Å²) in [4.78, 5) is 20.5. The summed E-state index contributed by atoms with van der Waals surface area (Å²) in [7, 11) is 0. The molecule has 0 spiro atoms. The van der Waals surface area contributed by atoms with Crippen LogP contribution in [0.1, 0.15) is 16.1 Å². The van der Waals surface area contributed by atoms with Crippen LogP contribution < -0.4 is 4.90 Å². The Hall–Kier alpha value is -2.87. The largest absolute Gasteiger partial charge is 0.368 e. The maximum Gasteiger partial charge on any atom is 0.254 e. The van der Waals surface area contributed by atoms with E-state index in [1.807, 2.05) is 29.2 Å². The van der Waals surface area contributed by atoms with Crippen LogP contribution in [-0.4, -0.2) is 42.0 Å². The molecule has 0 saturated carbocycles. The minimum atomic E-state index is -0.0355. The summed E-state index contributed by atoms with van der Waals surface area (Å²) in [5, 5.41) is 8.87. The van der Waals surface area contributed by atoms with Crippen LogP contribution in [-0.2, 0) is 0 Å². The molecule has 5 heteroatoms. The van der Waals surface area contributed by atoms with E-state index in [1.54, 1.807) is 12.1 Å². The second kappa shape index (κ2) is 6.27. The van der Waals surface area contributed by atoms with Gasteiger partial charge in [0.25, 0.3) is 5.91 Å². The number of nitriles is 1. The molecule has 1 saturated heterocycles. The van der Waals surface area contributed by atoms with E-state index in [2.05, 4.69) is 22.0 Å². The predicted octanol–water partition coefficient (Wildman–Crippen LogP) is 1.92. The number of nitrogens with zero attached hydrogens (tertiary/aromatic N) is 4. The summed E-state index contributed by atoms with van der Waals surface area (Å²) in [5.74, 6) is -0.0355. The maximum absolute atomic E-state index is 12.5.